The highest BCUT2D eigenvalue weighted by atomic mass is 32.1. The van der Waals surface area contributed by atoms with Gasteiger partial charge >= 0.3 is 0 Å². The van der Waals surface area contributed by atoms with Crippen LogP contribution in [0.25, 0.3) is 0 Å². The number of nitrogens with zero attached hydrogens (tertiary/aromatic N) is 3. The monoisotopic (exact) mass is 359 g/mol. The van der Waals surface area contributed by atoms with Crippen molar-refractivity contribution < 1.29 is 14.1 Å². The first-order valence-corrected chi connectivity index (χ1v) is 9.62. The van der Waals surface area contributed by atoms with E-state index in [0.29, 0.717) is 31.1 Å². The largest absolute Gasteiger partial charge is 0.364 e. The van der Waals surface area contributed by atoms with Crippen molar-refractivity contribution in [2.75, 3.05) is 19.6 Å². The normalized spacial score (nSPS) is 23.6. The van der Waals surface area contributed by atoms with Gasteiger partial charge in [0.15, 0.2) is 5.69 Å². The summed E-state index contributed by atoms with van der Waals surface area (Å²) in [6, 6.07) is 6.03. The molecule has 0 N–H and O–H groups in total. The SMILES string of the molecule is O=C(c1ccon1)N1CCC2C(CCC(=O)N2CCc2cccs2)C1. The van der Waals surface area contributed by atoms with E-state index < -0.39 is 0 Å². The number of amides is 2. The number of carbonyl (C=O) groups excluding carboxylic acids is 2. The zero-order valence-corrected chi connectivity index (χ0v) is 14.8. The molecule has 7 heteroatoms. The summed E-state index contributed by atoms with van der Waals surface area (Å²) >= 11 is 1.74. The number of hydrogen-bond donors (Lipinski definition) is 0. The summed E-state index contributed by atoms with van der Waals surface area (Å²) in [5.74, 6) is 0.536. The Morgan fingerprint density at radius 2 is 2.28 bits per heavy atom. The third-order valence-corrected chi connectivity index (χ3v) is 6.20. The van der Waals surface area contributed by atoms with E-state index in [1.165, 1.54) is 11.1 Å². The summed E-state index contributed by atoms with van der Waals surface area (Å²) in [5.41, 5.74) is 0.361. The fourth-order valence-corrected chi connectivity index (χ4v) is 4.69. The summed E-state index contributed by atoms with van der Waals surface area (Å²) in [5, 5.41) is 5.82. The molecule has 4 heterocycles. The summed E-state index contributed by atoms with van der Waals surface area (Å²) in [6.45, 7) is 2.13. The predicted molar refractivity (Wildman–Crippen MR) is 93.3 cm³/mol. The van der Waals surface area contributed by atoms with Gasteiger partial charge in [0, 0.05) is 43.0 Å². The van der Waals surface area contributed by atoms with Crippen LogP contribution in [-0.2, 0) is 11.2 Å². The van der Waals surface area contributed by atoms with Crippen LogP contribution in [0.15, 0.2) is 34.4 Å². The Balaban J connectivity index is 1.41. The van der Waals surface area contributed by atoms with Crippen molar-refractivity contribution in [1.82, 2.24) is 15.0 Å². The molecule has 2 atom stereocenters. The van der Waals surface area contributed by atoms with Crippen LogP contribution in [0, 0.1) is 5.92 Å². The number of carbonyl (C=O) groups is 2. The van der Waals surface area contributed by atoms with Gasteiger partial charge in [-0.1, -0.05) is 11.2 Å². The average Bonchev–Trinajstić information content (AvgIpc) is 3.33. The molecule has 0 spiro atoms. The van der Waals surface area contributed by atoms with Gasteiger partial charge in [-0.3, -0.25) is 9.59 Å². The maximum absolute atomic E-state index is 12.5. The highest BCUT2D eigenvalue weighted by Gasteiger charge is 2.40. The first-order valence-electron chi connectivity index (χ1n) is 8.74. The predicted octanol–water partition coefficient (Wildman–Crippen LogP) is 2.43. The van der Waals surface area contributed by atoms with Crippen molar-refractivity contribution in [2.24, 2.45) is 5.92 Å². The standard InChI is InChI=1S/C18H21N3O3S/c22-17-4-3-13-12-20(18(23)15-7-10-24-19-15)8-6-16(13)21(17)9-5-14-2-1-11-25-14/h1-2,7,10-11,13,16H,3-6,8-9,12H2. The number of aromatic nitrogens is 1. The maximum atomic E-state index is 12.5. The molecule has 0 aliphatic carbocycles. The molecule has 0 aromatic carbocycles. The summed E-state index contributed by atoms with van der Waals surface area (Å²) in [7, 11) is 0. The zero-order chi connectivity index (χ0) is 17.2. The fraction of sp³-hybridized carbons (Fsp3) is 0.500. The summed E-state index contributed by atoms with van der Waals surface area (Å²) in [4.78, 5) is 30.2. The maximum Gasteiger partial charge on any atom is 0.276 e. The van der Waals surface area contributed by atoms with Crippen LogP contribution in [0.3, 0.4) is 0 Å². The molecule has 2 aromatic rings. The third-order valence-electron chi connectivity index (χ3n) is 5.27. The molecular formula is C18H21N3O3S. The number of rotatable bonds is 4. The van der Waals surface area contributed by atoms with Gasteiger partial charge in [0.1, 0.15) is 6.26 Å². The highest BCUT2D eigenvalue weighted by molar-refractivity contribution is 7.09. The second kappa shape index (κ2) is 7.00. The van der Waals surface area contributed by atoms with Gasteiger partial charge in [0.2, 0.25) is 5.91 Å². The van der Waals surface area contributed by atoms with Crippen LogP contribution in [0.2, 0.25) is 0 Å². The lowest BCUT2D eigenvalue weighted by Crippen LogP contribution is -2.57. The first-order chi connectivity index (χ1) is 12.2. The highest BCUT2D eigenvalue weighted by Crippen LogP contribution is 2.32. The van der Waals surface area contributed by atoms with E-state index >= 15 is 0 Å². The van der Waals surface area contributed by atoms with Crippen molar-refractivity contribution in [3.63, 3.8) is 0 Å². The van der Waals surface area contributed by atoms with Crippen LogP contribution in [0.4, 0.5) is 0 Å². The second-order valence-electron chi connectivity index (χ2n) is 6.71. The minimum Gasteiger partial charge on any atom is -0.364 e. The Morgan fingerprint density at radius 1 is 1.36 bits per heavy atom. The fourth-order valence-electron chi connectivity index (χ4n) is 4.00. The van der Waals surface area contributed by atoms with E-state index in [-0.39, 0.29) is 17.9 Å². The lowest BCUT2D eigenvalue weighted by atomic mass is 9.83. The van der Waals surface area contributed by atoms with Gasteiger partial charge in [0.25, 0.3) is 5.91 Å². The molecule has 2 unspecified atom stereocenters. The van der Waals surface area contributed by atoms with Gasteiger partial charge in [-0.25, -0.2) is 0 Å². The molecule has 25 heavy (non-hydrogen) atoms. The van der Waals surface area contributed by atoms with Crippen LogP contribution in [0.1, 0.15) is 34.6 Å². The van der Waals surface area contributed by atoms with Crippen LogP contribution in [-0.4, -0.2) is 52.4 Å². The van der Waals surface area contributed by atoms with E-state index in [9.17, 15) is 9.59 Å². The quantitative estimate of drug-likeness (QED) is 0.841. The van der Waals surface area contributed by atoms with Crippen molar-refractivity contribution in [3.05, 3.63) is 40.4 Å². The molecule has 2 amide bonds. The van der Waals surface area contributed by atoms with E-state index in [1.54, 1.807) is 17.4 Å². The van der Waals surface area contributed by atoms with E-state index in [0.717, 1.165) is 25.8 Å². The molecule has 2 aliphatic rings. The van der Waals surface area contributed by atoms with Gasteiger partial charge in [-0.2, -0.15) is 0 Å². The Kier molecular flexibility index (Phi) is 4.57. The lowest BCUT2D eigenvalue weighted by molar-refractivity contribution is -0.140. The third kappa shape index (κ3) is 3.33. The first kappa shape index (κ1) is 16.3. The Bertz CT molecular complexity index is 729. The molecule has 132 valence electrons. The average molecular weight is 359 g/mol. The summed E-state index contributed by atoms with van der Waals surface area (Å²) in [6.07, 6.45) is 4.61. The molecule has 0 saturated carbocycles. The lowest BCUT2D eigenvalue weighted by Gasteiger charge is -2.47. The van der Waals surface area contributed by atoms with Crippen molar-refractivity contribution in [2.45, 2.75) is 31.7 Å². The number of fused-ring (bicyclic) bond motifs is 1. The zero-order valence-electron chi connectivity index (χ0n) is 14.0. The van der Waals surface area contributed by atoms with E-state index in [4.69, 9.17) is 4.52 Å². The molecule has 2 aromatic heterocycles. The number of likely N-dealkylation sites (tertiary alicyclic amines) is 2. The van der Waals surface area contributed by atoms with Gasteiger partial charge in [0.05, 0.1) is 0 Å². The van der Waals surface area contributed by atoms with E-state index in [2.05, 4.69) is 27.6 Å². The van der Waals surface area contributed by atoms with Crippen LogP contribution < -0.4 is 0 Å². The van der Waals surface area contributed by atoms with Gasteiger partial charge in [-0.15, -0.1) is 11.3 Å². The molecule has 2 saturated heterocycles. The van der Waals surface area contributed by atoms with E-state index in [1.807, 2.05) is 4.90 Å². The molecule has 0 bridgehead atoms. The molecule has 2 aliphatic heterocycles. The summed E-state index contributed by atoms with van der Waals surface area (Å²) < 4.78 is 4.78. The minimum absolute atomic E-state index is 0.0748. The number of thiophene rings is 1. The molecule has 0 radical (unpaired) electrons. The Labute approximate surface area is 150 Å². The molecule has 4 rings (SSSR count). The Morgan fingerprint density at radius 3 is 3.04 bits per heavy atom. The molecule has 6 nitrogen and oxygen atoms in total. The van der Waals surface area contributed by atoms with Crippen molar-refractivity contribution in [1.29, 1.82) is 0 Å². The van der Waals surface area contributed by atoms with Crippen LogP contribution >= 0.6 is 11.3 Å². The Hall–Kier alpha value is -2.15. The number of hydrogen-bond acceptors (Lipinski definition) is 5. The van der Waals surface area contributed by atoms with Gasteiger partial charge in [-0.05, 0) is 36.6 Å². The number of piperidine rings is 2. The van der Waals surface area contributed by atoms with Crippen LogP contribution in [0.5, 0.6) is 0 Å². The van der Waals surface area contributed by atoms with Crippen molar-refractivity contribution >= 4 is 23.2 Å². The smallest absolute Gasteiger partial charge is 0.276 e. The minimum atomic E-state index is -0.0748. The molecule has 2 fully saturated rings. The van der Waals surface area contributed by atoms with Crippen molar-refractivity contribution in [3.8, 4) is 0 Å². The molecular weight excluding hydrogens is 338 g/mol. The van der Waals surface area contributed by atoms with Gasteiger partial charge < -0.3 is 14.3 Å². The second-order valence-corrected chi connectivity index (χ2v) is 7.74. The topological polar surface area (TPSA) is 66.7 Å².